The van der Waals surface area contributed by atoms with E-state index in [1.807, 2.05) is 0 Å². The molecule has 18 heavy (non-hydrogen) atoms. The lowest BCUT2D eigenvalue weighted by Crippen LogP contribution is -2.30. The standard InChI is InChI=1S/C12H19N3O3/c1-8(2)15-7-3-4-9(15)12-13-10(14-18-12)5-6-11(16)17/h8-9H,3-7H2,1-2H3,(H,16,17). The molecule has 1 unspecified atom stereocenters. The number of likely N-dealkylation sites (tertiary alicyclic amines) is 1. The first-order valence-electron chi connectivity index (χ1n) is 6.38. The van der Waals surface area contributed by atoms with Crippen LogP contribution in [0.5, 0.6) is 0 Å². The van der Waals surface area contributed by atoms with Gasteiger partial charge in [0.15, 0.2) is 5.82 Å². The molecule has 0 spiro atoms. The maximum Gasteiger partial charge on any atom is 0.303 e. The molecule has 0 aliphatic carbocycles. The van der Waals surface area contributed by atoms with Crippen LogP contribution in [0.2, 0.25) is 0 Å². The average Bonchev–Trinajstić information content (AvgIpc) is 2.94. The number of aliphatic carboxylic acids is 1. The highest BCUT2D eigenvalue weighted by Gasteiger charge is 2.32. The minimum Gasteiger partial charge on any atom is -0.481 e. The number of aryl methyl sites for hydroxylation is 1. The van der Waals surface area contributed by atoms with E-state index in [9.17, 15) is 4.79 Å². The van der Waals surface area contributed by atoms with Gasteiger partial charge in [0.1, 0.15) is 0 Å². The largest absolute Gasteiger partial charge is 0.481 e. The molecule has 100 valence electrons. The van der Waals surface area contributed by atoms with Gasteiger partial charge in [-0.05, 0) is 33.2 Å². The second-order valence-corrected chi connectivity index (χ2v) is 4.93. The molecule has 6 nitrogen and oxygen atoms in total. The molecule has 0 saturated carbocycles. The van der Waals surface area contributed by atoms with Crippen LogP contribution in [0.25, 0.3) is 0 Å². The zero-order valence-electron chi connectivity index (χ0n) is 10.8. The number of carboxylic acid groups (broad SMARTS) is 1. The third-order valence-electron chi connectivity index (χ3n) is 3.29. The first kappa shape index (κ1) is 13.0. The fourth-order valence-corrected chi connectivity index (χ4v) is 2.40. The van der Waals surface area contributed by atoms with Crippen molar-refractivity contribution in [3.05, 3.63) is 11.7 Å². The minimum absolute atomic E-state index is 0.0392. The lowest BCUT2D eigenvalue weighted by atomic mass is 10.2. The molecule has 0 radical (unpaired) electrons. The van der Waals surface area contributed by atoms with Gasteiger partial charge >= 0.3 is 5.97 Å². The number of rotatable bonds is 5. The third kappa shape index (κ3) is 2.87. The monoisotopic (exact) mass is 253 g/mol. The Labute approximate surface area is 106 Å². The second kappa shape index (κ2) is 5.48. The van der Waals surface area contributed by atoms with Gasteiger partial charge in [-0.1, -0.05) is 5.16 Å². The van der Waals surface area contributed by atoms with E-state index in [4.69, 9.17) is 9.63 Å². The van der Waals surface area contributed by atoms with Crippen LogP contribution in [0, 0.1) is 0 Å². The summed E-state index contributed by atoms with van der Waals surface area (Å²) in [7, 11) is 0. The molecular weight excluding hydrogens is 234 g/mol. The van der Waals surface area contributed by atoms with Crippen LogP contribution in [-0.4, -0.2) is 38.7 Å². The van der Waals surface area contributed by atoms with Crippen LogP contribution in [0.1, 0.15) is 50.9 Å². The van der Waals surface area contributed by atoms with Crippen LogP contribution >= 0.6 is 0 Å². The Morgan fingerprint density at radius 1 is 1.61 bits per heavy atom. The summed E-state index contributed by atoms with van der Waals surface area (Å²) in [5.74, 6) is 0.274. The van der Waals surface area contributed by atoms with Gasteiger partial charge in [-0.25, -0.2) is 0 Å². The highest BCUT2D eigenvalue weighted by atomic mass is 16.5. The number of hydrogen-bond acceptors (Lipinski definition) is 5. The molecule has 6 heteroatoms. The molecule has 1 N–H and O–H groups in total. The summed E-state index contributed by atoms with van der Waals surface area (Å²) in [4.78, 5) is 17.1. The molecule has 2 rings (SSSR count). The van der Waals surface area contributed by atoms with Crippen molar-refractivity contribution in [2.24, 2.45) is 0 Å². The SMILES string of the molecule is CC(C)N1CCCC1c1nc(CCC(=O)O)no1. The van der Waals surface area contributed by atoms with Gasteiger partial charge in [0, 0.05) is 12.5 Å². The van der Waals surface area contributed by atoms with Crippen LogP contribution in [0.4, 0.5) is 0 Å². The predicted molar refractivity (Wildman–Crippen MR) is 64.1 cm³/mol. The van der Waals surface area contributed by atoms with E-state index in [1.165, 1.54) is 0 Å². The molecule has 1 aliphatic rings. The first-order valence-corrected chi connectivity index (χ1v) is 6.38. The van der Waals surface area contributed by atoms with Crippen molar-refractivity contribution >= 4 is 5.97 Å². The molecule has 1 aromatic heterocycles. The molecule has 1 fully saturated rings. The Kier molecular flexibility index (Phi) is 3.96. The van der Waals surface area contributed by atoms with Gasteiger partial charge in [-0.15, -0.1) is 0 Å². The summed E-state index contributed by atoms with van der Waals surface area (Å²) in [6.45, 7) is 5.36. The lowest BCUT2D eigenvalue weighted by molar-refractivity contribution is -0.137. The minimum atomic E-state index is -0.842. The topological polar surface area (TPSA) is 79.5 Å². The normalized spacial score (nSPS) is 20.7. The van der Waals surface area contributed by atoms with Gasteiger partial charge in [0.2, 0.25) is 5.89 Å². The highest BCUT2D eigenvalue weighted by molar-refractivity contribution is 5.66. The summed E-state index contributed by atoms with van der Waals surface area (Å²) in [6, 6.07) is 0.642. The Hall–Kier alpha value is -1.43. The number of carboxylic acids is 1. The Morgan fingerprint density at radius 2 is 2.39 bits per heavy atom. The van der Waals surface area contributed by atoms with Crippen LogP contribution in [-0.2, 0) is 11.2 Å². The van der Waals surface area contributed by atoms with E-state index in [1.54, 1.807) is 0 Å². The maximum atomic E-state index is 10.5. The summed E-state index contributed by atoms with van der Waals surface area (Å²) in [6.07, 6.45) is 2.53. The molecule has 1 atom stereocenters. The summed E-state index contributed by atoms with van der Waals surface area (Å²) >= 11 is 0. The van der Waals surface area contributed by atoms with E-state index in [2.05, 4.69) is 28.9 Å². The second-order valence-electron chi connectivity index (χ2n) is 4.93. The van der Waals surface area contributed by atoms with Crippen molar-refractivity contribution in [3.63, 3.8) is 0 Å². The fourth-order valence-electron chi connectivity index (χ4n) is 2.40. The predicted octanol–water partition coefficient (Wildman–Crippen LogP) is 1.63. The van der Waals surface area contributed by atoms with Gasteiger partial charge in [-0.2, -0.15) is 4.98 Å². The number of nitrogens with zero attached hydrogens (tertiary/aromatic N) is 3. The molecule has 0 amide bonds. The highest BCUT2D eigenvalue weighted by Crippen LogP contribution is 2.32. The van der Waals surface area contributed by atoms with Gasteiger partial charge < -0.3 is 9.63 Å². The van der Waals surface area contributed by atoms with Crippen molar-refractivity contribution in [2.75, 3.05) is 6.54 Å². The lowest BCUT2D eigenvalue weighted by Gasteiger charge is -2.25. The van der Waals surface area contributed by atoms with Crippen LogP contribution < -0.4 is 0 Å². The summed E-state index contributed by atoms with van der Waals surface area (Å²) < 4.78 is 5.27. The van der Waals surface area contributed by atoms with Crippen molar-refractivity contribution in [3.8, 4) is 0 Å². The smallest absolute Gasteiger partial charge is 0.303 e. The van der Waals surface area contributed by atoms with E-state index in [0.29, 0.717) is 24.2 Å². The third-order valence-corrected chi connectivity index (χ3v) is 3.29. The van der Waals surface area contributed by atoms with Gasteiger partial charge in [0.25, 0.3) is 0 Å². The van der Waals surface area contributed by atoms with Crippen molar-refractivity contribution in [1.82, 2.24) is 15.0 Å². The van der Waals surface area contributed by atoms with Crippen LogP contribution in [0.15, 0.2) is 4.52 Å². The van der Waals surface area contributed by atoms with E-state index in [-0.39, 0.29) is 12.5 Å². The molecule has 1 saturated heterocycles. The number of aromatic nitrogens is 2. The Bertz CT molecular complexity index is 416. The molecule has 1 aliphatic heterocycles. The quantitative estimate of drug-likeness (QED) is 0.859. The van der Waals surface area contributed by atoms with Gasteiger partial charge in [0.05, 0.1) is 12.5 Å². The Morgan fingerprint density at radius 3 is 3.06 bits per heavy atom. The summed E-state index contributed by atoms with van der Waals surface area (Å²) in [5.41, 5.74) is 0. The molecule has 2 heterocycles. The summed E-state index contributed by atoms with van der Waals surface area (Å²) in [5, 5.41) is 12.5. The molecule has 1 aromatic rings. The number of carbonyl (C=O) groups is 1. The van der Waals surface area contributed by atoms with Crippen molar-refractivity contribution < 1.29 is 14.4 Å². The molecule has 0 aromatic carbocycles. The average molecular weight is 253 g/mol. The fraction of sp³-hybridized carbons (Fsp3) is 0.750. The van der Waals surface area contributed by atoms with E-state index < -0.39 is 5.97 Å². The molecular formula is C12H19N3O3. The Balaban J connectivity index is 2.02. The zero-order chi connectivity index (χ0) is 13.1. The van der Waals surface area contributed by atoms with E-state index in [0.717, 1.165) is 19.4 Å². The number of hydrogen-bond donors (Lipinski definition) is 1. The van der Waals surface area contributed by atoms with Crippen molar-refractivity contribution in [1.29, 1.82) is 0 Å². The van der Waals surface area contributed by atoms with E-state index >= 15 is 0 Å². The van der Waals surface area contributed by atoms with Crippen molar-refractivity contribution in [2.45, 2.75) is 51.6 Å². The first-order chi connectivity index (χ1) is 8.58. The molecule has 0 bridgehead atoms. The zero-order valence-corrected chi connectivity index (χ0v) is 10.8. The van der Waals surface area contributed by atoms with Crippen LogP contribution in [0.3, 0.4) is 0 Å². The maximum absolute atomic E-state index is 10.5. The van der Waals surface area contributed by atoms with Gasteiger partial charge in [-0.3, -0.25) is 9.69 Å².